The molecule has 0 amide bonds. The molecular formula is C17H13F2NO. The standard InChI is InChI=1S/C17H13F2NO/c1-10-3-2-4-15-17(10)12(9-20-15)16(21)8-11-5-6-13(18)14(19)7-11/h2-7,9,20H,8H2,1H3. The van der Waals surface area contributed by atoms with Gasteiger partial charge in [-0.15, -0.1) is 0 Å². The van der Waals surface area contributed by atoms with Crippen molar-refractivity contribution in [2.45, 2.75) is 13.3 Å². The Morgan fingerprint density at radius 3 is 2.71 bits per heavy atom. The van der Waals surface area contributed by atoms with E-state index in [0.717, 1.165) is 28.6 Å². The van der Waals surface area contributed by atoms with Gasteiger partial charge in [0.1, 0.15) is 0 Å². The van der Waals surface area contributed by atoms with Gasteiger partial charge in [-0.2, -0.15) is 0 Å². The maximum Gasteiger partial charge on any atom is 0.169 e. The van der Waals surface area contributed by atoms with Crippen LogP contribution in [0.25, 0.3) is 10.9 Å². The quantitative estimate of drug-likeness (QED) is 0.719. The van der Waals surface area contributed by atoms with Crippen LogP contribution in [0.4, 0.5) is 8.78 Å². The lowest BCUT2D eigenvalue weighted by Crippen LogP contribution is -2.04. The van der Waals surface area contributed by atoms with Gasteiger partial charge in [-0.1, -0.05) is 18.2 Å². The van der Waals surface area contributed by atoms with Gasteiger partial charge in [0.2, 0.25) is 0 Å². The first-order valence-corrected chi connectivity index (χ1v) is 6.60. The van der Waals surface area contributed by atoms with E-state index in [1.165, 1.54) is 6.07 Å². The van der Waals surface area contributed by atoms with Crippen LogP contribution in [0.2, 0.25) is 0 Å². The molecule has 1 N–H and O–H groups in total. The highest BCUT2D eigenvalue weighted by Crippen LogP contribution is 2.23. The van der Waals surface area contributed by atoms with E-state index in [-0.39, 0.29) is 12.2 Å². The van der Waals surface area contributed by atoms with Gasteiger partial charge < -0.3 is 4.98 Å². The summed E-state index contributed by atoms with van der Waals surface area (Å²) in [6, 6.07) is 9.28. The highest BCUT2D eigenvalue weighted by atomic mass is 19.2. The minimum absolute atomic E-state index is 0.0402. The molecular weight excluding hydrogens is 272 g/mol. The Hall–Kier alpha value is -2.49. The third-order valence-electron chi connectivity index (χ3n) is 3.56. The molecule has 1 aromatic heterocycles. The van der Waals surface area contributed by atoms with E-state index in [0.29, 0.717) is 11.1 Å². The number of halogens is 2. The van der Waals surface area contributed by atoms with Crippen LogP contribution >= 0.6 is 0 Å². The monoisotopic (exact) mass is 285 g/mol. The molecule has 0 aliphatic carbocycles. The Bertz CT molecular complexity index is 836. The molecule has 1 heterocycles. The van der Waals surface area contributed by atoms with Gasteiger partial charge in [0.15, 0.2) is 17.4 Å². The van der Waals surface area contributed by atoms with Gasteiger partial charge in [0.05, 0.1) is 0 Å². The van der Waals surface area contributed by atoms with E-state index in [2.05, 4.69) is 4.98 Å². The molecule has 0 unspecified atom stereocenters. The lowest BCUT2D eigenvalue weighted by molar-refractivity contribution is 0.0994. The van der Waals surface area contributed by atoms with Gasteiger partial charge in [-0.05, 0) is 36.2 Å². The maximum atomic E-state index is 13.2. The Kier molecular flexibility index (Phi) is 3.29. The van der Waals surface area contributed by atoms with E-state index in [9.17, 15) is 13.6 Å². The molecule has 3 rings (SSSR count). The molecule has 2 nitrogen and oxygen atoms in total. The summed E-state index contributed by atoms with van der Waals surface area (Å²) in [6.45, 7) is 1.94. The second kappa shape index (κ2) is 5.13. The van der Waals surface area contributed by atoms with Gasteiger partial charge >= 0.3 is 0 Å². The largest absolute Gasteiger partial charge is 0.360 e. The van der Waals surface area contributed by atoms with Crippen molar-refractivity contribution in [2.24, 2.45) is 0 Å². The first kappa shape index (κ1) is 13.5. The zero-order valence-electron chi connectivity index (χ0n) is 11.4. The van der Waals surface area contributed by atoms with Crippen molar-refractivity contribution in [1.29, 1.82) is 0 Å². The van der Waals surface area contributed by atoms with E-state index in [4.69, 9.17) is 0 Å². The van der Waals surface area contributed by atoms with E-state index in [1.54, 1.807) is 6.20 Å². The lowest BCUT2D eigenvalue weighted by Gasteiger charge is -2.03. The molecule has 106 valence electrons. The number of aromatic amines is 1. The fourth-order valence-corrected chi connectivity index (χ4v) is 2.52. The normalized spacial score (nSPS) is 11.0. The summed E-state index contributed by atoms with van der Waals surface area (Å²) >= 11 is 0. The lowest BCUT2D eigenvalue weighted by atomic mass is 10.00. The molecule has 0 saturated heterocycles. The molecule has 0 atom stereocenters. The zero-order valence-corrected chi connectivity index (χ0v) is 11.4. The smallest absolute Gasteiger partial charge is 0.169 e. The van der Waals surface area contributed by atoms with Crippen LogP contribution in [-0.4, -0.2) is 10.8 Å². The second-order valence-electron chi connectivity index (χ2n) is 5.05. The van der Waals surface area contributed by atoms with Crippen molar-refractivity contribution >= 4 is 16.7 Å². The summed E-state index contributed by atoms with van der Waals surface area (Å²) in [5, 5.41) is 0.880. The number of H-pyrrole nitrogens is 1. The molecule has 4 heteroatoms. The number of hydrogen-bond acceptors (Lipinski definition) is 1. The Morgan fingerprint density at radius 2 is 1.95 bits per heavy atom. The predicted octanol–water partition coefficient (Wildman–Crippen LogP) is 4.18. The summed E-state index contributed by atoms with van der Waals surface area (Å²) in [7, 11) is 0. The fraction of sp³-hybridized carbons (Fsp3) is 0.118. The Morgan fingerprint density at radius 1 is 1.14 bits per heavy atom. The molecule has 0 radical (unpaired) electrons. The summed E-state index contributed by atoms with van der Waals surface area (Å²) in [5.41, 5.74) is 2.93. The minimum atomic E-state index is -0.935. The number of Topliss-reactive ketones (excluding diaryl/α,β-unsaturated/α-hetero) is 1. The molecule has 3 aromatic rings. The number of carbonyl (C=O) groups excluding carboxylic acids is 1. The van der Waals surface area contributed by atoms with Crippen molar-refractivity contribution in [1.82, 2.24) is 4.98 Å². The number of benzene rings is 2. The van der Waals surface area contributed by atoms with Gasteiger partial charge in [-0.3, -0.25) is 4.79 Å². The SMILES string of the molecule is Cc1cccc2[nH]cc(C(=O)Cc3ccc(F)c(F)c3)c12. The van der Waals surface area contributed by atoms with E-state index in [1.807, 2.05) is 25.1 Å². The van der Waals surface area contributed by atoms with Gasteiger partial charge in [-0.25, -0.2) is 8.78 Å². The average molecular weight is 285 g/mol. The summed E-state index contributed by atoms with van der Waals surface area (Å²) in [4.78, 5) is 15.5. The molecule has 21 heavy (non-hydrogen) atoms. The average Bonchev–Trinajstić information content (AvgIpc) is 2.88. The first-order chi connectivity index (χ1) is 10.1. The number of aromatic nitrogens is 1. The van der Waals surface area contributed by atoms with Crippen molar-refractivity contribution in [3.05, 3.63) is 70.9 Å². The Balaban J connectivity index is 1.95. The number of hydrogen-bond donors (Lipinski definition) is 1. The second-order valence-corrected chi connectivity index (χ2v) is 5.05. The topological polar surface area (TPSA) is 32.9 Å². The highest BCUT2D eigenvalue weighted by Gasteiger charge is 2.15. The number of nitrogens with one attached hydrogen (secondary N) is 1. The number of ketones is 1. The van der Waals surface area contributed by atoms with E-state index >= 15 is 0 Å². The number of carbonyl (C=O) groups is 1. The number of fused-ring (bicyclic) bond motifs is 1. The third-order valence-corrected chi connectivity index (χ3v) is 3.56. The van der Waals surface area contributed by atoms with Crippen LogP contribution < -0.4 is 0 Å². The zero-order chi connectivity index (χ0) is 15.0. The predicted molar refractivity (Wildman–Crippen MR) is 77.4 cm³/mol. The molecule has 0 saturated carbocycles. The van der Waals surface area contributed by atoms with Crippen LogP contribution in [0.1, 0.15) is 21.5 Å². The molecule has 0 aliphatic heterocycles. The van der Waals surface area contributed by atoms with Crippen molar-refractivity contribution in [3.8, 4) is 0 Å². The van der Waals surface area contributed by atoms with Crippen LogP contribution in [-0.2, 0) is 6.42 Å². The van der Waals surface area contributed by atoms with Crippen molar-refractivity contribution < 1.29 is 13.6 Å². The first-order valence-electron chi connectivity index (χ1n) is 6.60. The van der Waals surface area contributed by atoms with Gasteiger partial charge in [0.25, 0.3) is 0 Å². The Labute approximate surface area is 120 Å². The van der Waals surface area contributed by atoms with Crippen LogP contribution in [0.5, 0.6) is 0 Å². The van der Waals surface area contributed by atoms with Crippen LogP contribution in [0, 0.1) is 18.6 Å². The summed E-state index contributed by atoms with van der Waals surface area (Å²) < 4.78 is 26.1. The molecule has 2 aromatic carbocycles. The highest BCUT2D eigenvalue weighted by molar-refractivity contribution is 6.09. The number of rotatable bonds is 3. The molecule has 0 aliphatic rings. The van der Waals surface area contributed by atoms with Crippen LogP contribution in [0.3, 0.4) is 0 Å². The van der Waals surface area contributed by atoms with Crippen molar-refractivity contribution in [2.75, 3.05) is 0 Å². The third kappa shape index (κ3) is 2.44. The maximum absolute atomic E-state index is 13.2. The number of aryl methyl sites for hydroxylation is 1. The molecule has 0 spiro atoms. The summed E-state index contributed by atoms with van der Waals surface area (Å²) in [5.74, 6) is -1.97. The van der Waals surface area contributed by atoms with E-state index < -0.39 is 11.6 Å². The molecule has 0 bridgehead atoms. The van der Waals surface area contributed by atoms with Crippen LogP contribution in [0.15, 0.2) is 42.6 Å². The molecule has 0 fully saturated rings. The van der Waals surface area contributed by atoms with Gasteiger partial charge in [0, 0.05) is 29.1 Å². The fourth-order valence-electron chi connectivity index (χ4n) is 2.52. The minimum Gasteiger partial charge on any atom is -0.360 e. The summed E-state index contributed by atoms with van der Waals surface area (Å²) in [6.07, 6.45) is 1.71. The van der Waals surface area contributed by atoms with Crippen molar-refractivity contribution in [3.63, 3.8) is 0 Å².